The molecular weight excluding hydrogens is 222 g/mol. The Balaban J connectivity index is 2.55. The van der Waals surface area contributed by atoms with Gasteiger partial charge in [-0.25, -0.2) is 4.98 Å². The van der Waals surface area contributed by atoms with Gasteiger partial charge in [0.25, 0.3) is 11.5 Å². The summed E-state index contributed by atoms with van der Waals surface area (Å²) in [6.45, 7) is 4.42. The van der Waals surface area contributed by atoms with E-state index in [1.165, 1.54) is 6.20 Å². The van der Waals surface area contributed by atoms with Gasteiger partial charge in [0.15, 0.2) is 0 Å². The first-order chi connectivity index (χ1) is 7.94. The zero-order valence-electron chi connectivity index (χ0n) is 9.99. The fraction of sp³-hybridized carbons (Fsp3) is 0.545. The minimum absolute atomic E-state index is 0.0831. The average Bonchev–Trinajstić information content (AvgIpc) is 2.27. The molecule has 0 unspecified atom stereocenters. The molecule has 3 N–H and O–H groups in total. The van der Waals surface area contributed by atoms with Gasteiger partial charge in [0.2, 0.25) is 0 Å². The molecule has 6 nitrogen and oxygen atoms in total. The molecule has 0 aromatic carbocycles. The monoisotopic (exact) mass is 239 g/mol. The van der Waals surface area contributed by atoms with E-state index in [4.69, 9.17) is 5.11 Å². The summed E-state index contributed by atoms with van der Waals surface area (Å²) in [5.74, 6) is -0.340. The number of H-pyrrole nitrogens is 1. The maximum atomic E-state index is 11.6. The van der Waals surface area contributed by atoms with Gasteiger partial charge in [0, 0.05) is 19.3 Å². The maximum Gasteiger partial charge on any atom is 0.271 e. The van der Waals surface area contributed by atoms with Gasteiger partial charge < -0.3 is 15.4 Å². The predicted octanol–water partition coefficient (Wildman–Crippen LogP) is -0.0917. The van der Waals surface area contributed by atoms with Crippen molar-refractivity contribution in [2.45, 2.75) is 20.3 Å². The fourth-order valence-corrected chi connectivity index (χ4v) is 1.27. The fourth-order valence-electron chi connectivity index (χ4n) is 1.27. The normalized spacial score (nSPS) is 11.2. The molecule has 1 heterocycles. The lowest BCUT2D eigenvalue weighted by Crippen LogP contribution is -2.35. The number of carbonyl (C=O) groups is 1. The Morgan fingerprint density at radius 1 is 1.59 bits per heavy atom. The summed E-state index contributed by atoms with van der Waals surface area (Å²) in [7, 11) is 0. The van der Waals surface area contributed by atoms with E-state index in [1.54, 1.807) is 0 Å². The largest absolute Gasteiger partial charge is 0.396 e. The van der Waals surface area contributed by atoms with Gasteiger partial charge in [-0.15, -0.1) is 0 Å². The topological polar surface area (TPSA) is 95.1 Å². The van der Waals surface area contributed by atoms with Crippen LogP contribution >= 0.6 is 0 Å². The molecule has 0 radical (unpaired) electrons. The molecule has 1 amide bonds. The highest BCUT2D eigenvalue weighted by Gasteiger charge is 2.18. The Morgan fingerprint density at radius 2 is 2.29 bits per heavy atom. The second-order valence-corrected chi connectivity index (χ2v) is 4.62. The molecule has 0 saturated heterocycles. The van der Waals surface area contributed by atoms with Crippen molar-refractivity contribution in [2.24, 2.45) is 5.41 Å². The molecule has 0 aliphatic carbocycles. The first kappa shape index (κ1) is 13.4. The number of amides is 1. The lowest BCUT2D eigenvalue weighted by molar-refractivity contribution is 0.0922. The number of hydrogen-bond acceptors (Lipinski definition) is 4. The van der Waals surface area contributed by atoms with E-state index < -0.39 is 0 Å². The quantitative estimate of drug-likeness (QED) is 0.669. The minimum atomic E-state index is -0.345. The summed E-state index contributed by atoms with van der Waals surface area (Å²) in [5, 5.41) is 11.6. The molecule has 1 aromatic heterocycles. The lowest BCUT2D eigenvalue weighted by Gasteiger charge is -2.23. The highest BCUT2D eigenvalue weighted by molar-refractivity contribution is 5.91. The van der Waals surface area contributed by atoms with E-state index in [9.17, 15) is 9.59 Å². The van der Waals surface area contributed by atoms with Gasteiger partial charge >= 0.3 is 0 Å². The van der Waals surface area contributed by atoms with Crippen molar-refractivity contribution < 1.29 is 9.90 Å². The highest BCUT2D eigenvalue weighted by Crippen LogP contribution is 2.17. The van der Waals surface area contributed by atoms with E-state index in [1.807, 2.05) is 13.8 Å². The minimum Gasteiger partial charge on any atom is -0.396 e. The third kappa shape index (κ3) is 4.36. The van der Waals surface area contributed by atoms with Crippen LogP contribution in [0.5, 0.6) is 0 Å². The first-order valence-electron chi connectivity index (χ1n) is 5.38. The number of nitrogens with zero attached hydrogens (tertiary/aromatic N) is 1. The van der Waals surface area contributed by atoms with Crippen LogP contribution in [-0.4, -0.2) is 34.1 Å². The van der Waals surface area contributed by atoms with Gasteiger partial charge in [0.1, 0.15) is 5.69 Å². The molecule has 1 aromatic rings. The van der Waals surface area contributed by atoms with E-state index in [2.05, 4.69) is 15.3 Å². The lowest BCUT2D eigenvalue weighted by atomic mass is 9.90. The molecule has 0 fully saturated rings. The first-order valence-corrected chi connectivity index (χ1v) is 5.38. The molecule has 0 atom stereocenters. The van der Waals surface area contributed by atoms with Crippen molar-refractivity contribution in [1.82, 2.24) is 15.3 Å². The van der Waals surface area contributed by atoms with Crippen LogP contribution in [0.3, 0.4) is 0 Å². The number of aliphatic hydroxyl groups excluding tert-OH is 1. The third-order valence-electron chi connectivity index (χ3n) is 2.42. The van der Waals surface area contributed by atoms with Crippen LogP contribution in [0.15, 0.2) is 17.2 Å². The summed E-state index contributed by atoms with van der Waals surface area (Å²) in [5.41, 5.74) is -0.348. The number of nitrogens with one attached hydrogen (secondary N) is 2. The molecule has 17 heavy (non-hydrogen) atoms. The van der Waals surface area contributed by atoms with E-state index in [0.29, 0.717) is 13.0 Å². The van der Waals surface area contributed by atoms with Gasteiger partial charge in [0.05, 0.1) is 6.20 Å². The van der Waals surface area contributed by atoms with Crippen LogP contribution in [-0.2, 0) is 0 Å². The smallest absolute Gasteiger partial charge is 0.271 e. The molecule has 0 aliphatic rings. The van der Waals surface area contributed by atoms with Gasteiger partial charge in [-0.3, -0.25) is 9.59 Å². The summed E-state index contributed by atoms with van der Waals surface area (Å²) in [4.78, 5) is 28.5. The molecule has 94 valence electrons. The second-order valence-electron chi connectivity index (χ2n) is 4.62. The number of aromatic nitrogens is 2. The molecule has 1 rings (SSSR count). The van der Waals surface area contributed by atoms with Crippen molar-refractivity contribution in [3.05, 3.63) is 28.4 Å². The number of hydrogen-bond donors (Lipinski definition) is 3. The van der Waals surface area contributed by atoms with E-state index in [-0.39, 0.29) is 29.2 Å². The van der Waals surface area contributed by atoms with E-state index in [0.717, 1.165) is 6.20 Å². The van der Waals surface area contributed by atoms with Crippen molar-refractivity contribution in [3.63, 3.8) is 0 Å². The van der Waals surface area contributed by atoms with Crippen LogP contribution in [0.25, 0.3) is 0 Å². The summed E-state index contributed by atoms with van der Waals surface area (Å²) < 4.78 is 0. The molecule has 0 bridgehead atoms. The predicted molar refractivity (Wildman–Crippen MR) is 62.7 cm³/mol. The van der Waals surface area contributed by atoms with Gasteiger partial charge in [-0.05, 0) is 11.8 Å². The number of aromatic amines is 1. The Bertz CT molecular complexity index is 419. The number of aliphatic hydroxyl groups is 1. The Labute approximate surface area is 99.1 Å². The average molecular weight is 239 g/mol. The van der Waals surface area contributed by atoms with E-state index >= 15 is 0 Å². The Kier molecular flexibility index (Phi) is 4.39. The maximum absolute atomic E-state index is 11.6. The highest BCUT2D eigenvalue weighted by atomic mass is 16.3. The van der Waals surface area contributed by atoms with Crippen LogP contribution in [0.2, 0.25) is 0 Å². The zero-order valence-corrected chi connectivity index (χ0v) is 9.99. The SMILES string of the molecule is CC(C)(CCO)CNC(=O)c1c[nH]c(=O)cn1. The van der Waals surface area contributed by atoms with Crippen molar-refractivity contribution in [1.29, 1.82) is 0 Å². The van der Waals surface area contributed by atoms with Crippen molar-refractivity contribution in [3.8, 4) is 0 Å². The Hall–Kier alpha value is -1.69. The molecule has 0 aliphatic heterocycles. The number of rotatable bonds is 5. The second kappa shape index (κ2) is 5.58. The van der Waals surface area contributed by atoms with Crippen molar-refractivity contribution >= 4 is 5.91 Å². The molecule has 0 saturated carbocycles. The molecular formula is C11H17N3O3. The van der Waals surface area contributed by atoms with Crippen LogP contribution in [0, 0.1) is 5.41 Å². The van der Waals surface area contributed by atoms with Crippen LogP contribution in [0.4, 0.5) is 0 Å². The summed E-state index contributed by atoms with van der Waals surface area (Å²) in [6.07, 6.45) is 2.94. The number of carbonyl (C=O) groups excluding carboxylic acids is 1. The molecule has 0 spiro atoms. The zero-order chi connectivity index (χ0) is 12.9. The van der Waals surface area contributed by atoms with Crippen molar-refractivity contribution in [2.75, 3.05) is 13.2 Å². The Morgan fingerprint density at radius 3 is 2.82 bits per heavy atom. The summed E-state index contributed by atoms with van der Waals surface area (Å²) in [6, 6.07) is 0. The van der Waals surface area contributed by atoms with Gasteiger partial charge in [-0.2, -0.15) is 0 Å². The van der Waals surface area contributed by atoms with Crippen LogP contribution < -0.4 is 10.9 Å². The van der Waals surface area contributed by atoms with Crippen LogP contribution in [0.1, 0.15) is 30.8 Å². The third-order valence-corrected chi connectivity index (χ3v) is 2.42. The standard InChI is InChI=1S/C11H17N3O3/c1-11(2,3-4-15)7-14-10(17)8-5-13-9(16)6-12-8/h5-6,15H,3-4,7H2,1-2H3,(H,13,16)(H,14,17). The van der Waals surface area contributed by atoms with Gasteiger partial charge in [-0.1, -0.05) is 13.8 Å². The summed E-state index contributed by atoms with van der Waals surface area (Å²) >= 11 is 0. The molecule has 6 heteroatoms.